The van der Waals surface area contributed by atoms with Gasteiger partial charge in [0.2, 0.25) is 0 Å². The van der Waals surface area contributed by atoms with Crippen LogP contribution in [0.3, 0.4) is 0 Å². The second-order valence-corrected chi connectivity index (χ2v) is 7.91. The van der Waals surface area contributed by atoms with Crippen molar-refractivity contribution < 1.29 is 9.47 Å². The van der Waals surface area contributed by atoms with Crippen molar-refractivity contribution in [1.29, 1.82) is 0 Å². The van der Waals surface area contributed by atoms with Gasteiger partial charge in [0.1, 0.15) is 5.75 Å². The molecule has 2 saturated heterocycles. The van der Waals surface area contributed by atoms with Gasteiger partial charge in [-0.05, 0) is 66.1 Å². The van der Waals surface area contributed by atoms with E-state index in [4.69, 9.17) is 9.47 Å². The summed E-state index contributed by atoms with van der Waals surface area (Å²) in [6, 6.07) is 6.12. The number of likely N-dealkylation sites (tertiary alicyclic amines) is 1. The topological polar surface area (TPSA) is 34.6 Å². The Kier molecular flexibility index (Phi) is 5.34. The average molecular weight is 359 g/mol. The molecule has 5 heteroatoms. The van der Waals surface area contributed by atoms with Crippen LogP contribution in [0, 0.1) is 5.92 Å². The lowest BCUT2D eigenvalue weighted by atomic mass is 9.78. The van der Waals surface area contributed by atoms with Crippen LogP contribution in [0.2, 0.25) is 0 Å². The first-order valence-electron chi connectivity index (χ1n) is 9.24. The SMILES string of the molecule is c1cncc(OCCC2CCOC23CCN(Cc2ccsc2)CC3)c1. The molecule has 0 N–H and O–H groups in total. The molecule has 2 aliphatic heterocycles. The van der Waals surface area contributed by atoms with Crippen molar-refractivity contribution >= 4 is 11.3 Å². The van der Waals surface area contributed by atoms with E-state index in [2.05, 4.69) is 26.7 Å². The minimum absolute atomic E-state index is 0.0868. The summed E-state index contributed by atoms with van der Waals surface area (Å²) < 4.78 is 12.2. The van der Waals surface area contributed by atoms with Crippen LogP contribution in [0.25, 0.3) is 0 Å². The molecule has 1 spiro atoms. The Labute approximate surface area is 153 Å². The van der Waals surface area contributed by atoms with Gasteiger partial charge in [-0.2, -0.15) is 11.3 Å². The molecule has 2 fully saturated rings. The van der Waals surface area contributed by atoms with Gasteiger partial charge in [0.25, 0.3) is 0 Å². The zero-order chi connectivity index (χ0) is 17.0. The molecule has 0 radical (unpaired) electrons. The predicted octanol–water partition coefficient (Wildman–Crippen LogP) is 3.98. The normalized spacial score (nSPS) is 23.1. The highest BCUT2D eigenvalue weighted by atomic mass is 32.1. The number of pyridine rings is 1. The molecule has 1 atom stereocenters. The predicted molar refractivity (Wildman–Crippen MR) is 100.0 cm³/mol. The molecule has 0 bridgehead atoms. The monoisotopic (exact) mass is 358 g/mol. The highest BCUT2D eigenvalue weighted by molar-refractivity contribution is 7.07. The summed E-state index contributed by atoms with van der Waals surface area (Å²) >= 11 is 1.78. The summed E-state index contributed by atoms with van der Waals surface area (Å²) in [5.41, 5.74) is 1.53. The zero-order valence-electron chi connectivity index (χ0n) is 14.6. The number of nitrogens with zero attached hydrogens (tertiary/aromatic N) is 2. The van der Waals surface area contributed by atoms with Crippen molar-refractivity contribution in [1.82, 2.24) is 9.88 Å². The van der Waals surface area contributed by atoms with Crippen molar-refractivity contribution in [2.24, 2.45) is 5.92 Å². The first kappa shape index (κ1) is 17.0. The third-order valence-electron chi connectivity index (χ3n) is 5.66. The van der Waals surface area contributed by atoms with Crippen LogP contribution in [-0.2, 0) is 11.3 Å². The number of piperidine rings is 1. The number of hydrogen-bond donors (Lipinski definition) is 0. The van der Waals surface area contributed by atoms with E-state index in [9.17, 15) is 0 Å². The first-order valence-corrected chi connectivity index (χ1v) is 10.2. The smallest absolute Gasteiger partial charge is 0.137 e. The molecule has 2 aromatic rings. The largest absolute Gasteiger partial charge is 0.492 e. The molecule has 0 aliphatic carbocycles. The first-order chi connectivity index (χ1) is 12.3. The third-order valence-corrected chi connectivity index (χ3v) is 6.39. The Balaban J connectivity index is 1.27. The molecule has 0 saturated carbocycles. The second kappa shape index (κ2) is 7.85. The second-order valence-electron chi connectivity index (χ2n) is 7.13. The Morgan fingerprint density at radius 2 is 2.24 bits per heavy atom. The van der Waals surface area contributed by atoms with Crippen LogP contribution in [0.4, 0.5) is 0 Å². The Hall–Kier alpha value is -1.43. The lowest BCUT2D eigenvalue weighted by Crippen LogP contribution is -2.47. The van der Waals surface area contributed by atoms with Crippen molar-refractivity contribution in [2.75, 3.05) is 26.3 Å². The van der Waals surface area contributed by atoms with E-state index in [1.165, 1.54) is 12.0 Å². The van der Waals surface area contributed by atoms with Crippen molar-refractivity contribution in [3.63, 3.8) is 0 Å². The highest BCUT2D eigenvalue weighted by Crippen LogP contribution is 2.42. The van der Waals surface area contributed by atoms with E-state index in [1.807, 2.05) is 12.1 Å². The Morgan fingerprint density at radius 1 is 1.32 bits per heavy atom. The summed E-state index contributed by atoms with van der Waals surface area (Å²) in [6.45, 7) is 5.00. The van der Waals surface area contributed by atoms with E-state index < -0.39 is 0 Å². The Morgan fingerprint density at radius 3 is 3.00 bits per heavy atom. The molecule has 25 heavy (non-hydrogen) atoms. The van der Waals surface area contributed by atoms with Gasteiger partial charge in [-0.3, -0.25) is 9.88 Å². The molecule has 1 unspecified atom stereocenters. The lowest BCUT2D eigenvalue weighted by Gasteiger charge is -2.42. The van der Waals surface area contributed by atoms with Gasteiger partial charge in [-0.15, -0.1) is 0 Å². The Bertz CT molecular complexity index is 639. The van der Waals surface area contributed by atoms with Crippen LogP contribution in [-0.4, -0.2) is 41.8 Å². The van der Waals surface area contributed by atoms with E-state index in [0.717, 1.165) is 57.9 Å². The van der Waals surface area contributed by atoms with E-state index in [0.29, 0.717) is 5.92 Å². The van der Waals surface area contributed by atoms with E-state index in [1.54, 1.807) is 23.7 Å². The maximum Gasteiger partial charge on any atom is 0.137 e. The quantitative estimate of drug-likeness (QED) is 0.782. The molecule has 2 aromatic heterocycles. The summed E-state index contributed by atoms with van der Waals surface area (Å²) in [7, 11) is 0. The molecule has 134 valence electrons. The molecular formula is C20H26N2O2S. The molecule has 4 nitrogen and oxygen atoms in total. The summed E-state index contributed by atoms with van der Waals surface area (Å²) in [4.78, 5) is 6.67. The lowest BCUT2D eigenvalue weighted by molar-refractivity contribution is -0.0708. The molecule has 0 amide bonds. The standard InChI is InChI=1S/C20H26N2O2S/c1-2-19(14-21-8-1)23-11-3-18-4-12-24-20(18)6-9-22(10-7-20)15-17-5-13-25-16-17/h1-2,5,8,13-14,16,18H,3-4,6-7,9-12,15H2. The van der Waals surface area contributed by atoms with Crippen molar-refractivity contribution in [3.8, 4) is 5.75 Å². The van der Waals surface area contributed by atoms with Gasteiger partial charge in [0, 0.05) is 32.4 Å². The van der Waals surface area contributed by atoms with Gasteiger partial charge < -0.3 is 9.47 Å². The van der Waals surface area contributed by atoms with Crippen LogP contribution in [0.5, 0.6) is 5.75 Å². The molecular weight excluding hydrogens is 332 g/mol. The van der Waals surface area contributed by atoms with Gasteiger partial charge in [-0.1, -0.05) is 0 Å². The van der Waals surface area contributed by atoms with Gasteiger partial charge in [0.05, 0.1) is 18.4 Å². The fourth-order valence-electron chi connectivity index (χ4n) is 4.23. The zero-order valence-corrected chi connectivity index (χ0v) is 15.4. The van der Waals surface area contributed by atoms with E-state index in [-0.39, 0.29) is 5.60 Å². The maximum atomic E-state index is 6.29. The van der Waals surface area contributed by atoms with Crippen LogP contribution >= 0.6 is 11.3 Å². The average Bonchev–Trinajstić information content (AvgIpc) is 3.29. The number of hydrogen-bond acceptors (Lipinski definition) is 5. The van der Waals surface area contributed by atoms with E-state index >= 15 is 0 Å². The fraction of sp³-hybridized carbons (Fsp3) is 0.550. The molecule has 4 heterocycles. The molecule has 2 aliphatic rings. The fourth-order valence-corrected chi connectivity index (χ4v) is 4.89. The van der Waals surface area contributed by atoms with Gasteiger partial charge in [0.15, 0.2) is 0 Å². The van der Waals surface area contributed by atoms with Crippen LogP contribution in [0.1, 0.15) is 31.2 Å². The van der Waals surface area contributed by atoms with Gasteiger partial charge >= 0.3 is 0 Å². The highest BCUT2D eigenvalue weighted by Gasteiger charge is 2.45. The van der Waals surface area contributed by atoms with Crippen LogP contribution in [0.15, 0.2) is 41.4 Å². The molecule has 4 rings (SSSR count). The van der Waals surface area contributed by atoms with Crippen molar-refractivity contribution in [2.45, 2.75) is 37.8 Å². The number of ether oxygens (including phenoxy) is 2. The minimum Gasteiger partial charge on any atom is -0.492 e. The summed E-state index contributed by atoms with van der Waals surface area (Å²) in [5, 5.41) is 4.42. The van der Waals surface area contributed by atoms with Crippen molar-refractivity contribution in [3.05, 3.63) is 46.9 Å². The number of thiophene rings is 1. The van der Waals surface area contributed by atoms with Gasteiger partial charge in [-0.25, -0.2) is 0 Å². The minimum atomic E-state index is 0.0868. The number of rotatable bonds is 6. The third kappa shape index (κ3) is 4.05. The summed E-state index contributed by atoms with van der Waals surface area (Å²) in [6.07, 6.45) is 8.09. The molecule has 0 aromatic carbocycles. The maximum absolute atomic E-state index is 6.29. The number of aromatic nitrogens is 1. The summed E-state index contributed by atoms with van der Waals surface area (Å²) in [5.74, 6) is 1.48. The van der Waals surface area contributed by atoms with Crippen LogP contribution < -0.4 is 4.74 Å².